The summed E-state index contributed by atoms with van der Waals surface area (Å²) in [5.41, 5.74) is -0.934. The van der Waals surface area contributed by atoms with Crippen molar-refractivity contribution in [1.29, 1.82) is 0 Å². The van der Waals surface area contributed by atoms with Crippen molar-refractivity contribution in [1.82, 2.24) is 10.6 Å². The molecule has 1 saturated carbocycles. The molecule has 2 aliphatic rings. The maximum absolute atomic E-state index is 13.7. The van der Waals surface area contributed by atoms with Crippen molar-refractivity contribution in [2.45, 2.75) is 77.2 Å². The highest BCUT2D eigenvalue weighted by Crippen LogP contribution is 2.37. The van der Waals surface area contributed by atoms with E-state index in [1.807, 2.05) is 0 Å². The molecule has 1 aromatic carbocycles. The van der Waals surface area contributed by atoms with Crippen molar-refractivity contribution in [2.24, 2.45) is 17.8 Å². The number of carbonyl (C=O) groups is 1. The van der Waals surface area contributed by atoms with Crippen LogP contribution in [0.5, 0.6) is 0 Å². The summed E-state index contributed by atoms with van der Waals surface area (Å²) in [4.78, 5) is 13.0. The smallest absolute Gasteiger partial charge is 0.381 e. The Morgan fingerprint density at radius 2 is 1.94 bits per heavy atom. The van der Waals surface area contributed by atoms with Crippen molar-refractivity contribution >= 4 is 5.91 Å². The van der Waals surface area contributed by atoms with Crippen LogP contribution in [-0.4, -0.2) is 31.2 Å². The summed E-state index contributed by atoms with van der Waals surface area (Å²) < 4.78 is 58.1. The average Bonchev–Trinajstić information content (AvgIpc) is 3.14. The Morgan fingerprint density at radius 3 is 2.62 bits per heavy atom. The Bertz CT molecular complexity index is 771. The number of hydrogen-bond acceptors (Lipinski definition) is 3. The fourth-order valence-corrected chi connectivity index (χ4v) is 5.23. The second kappa shape index (κ2) is 11.0. The molecule has 0 spiro atoms. The van der Waals surface area contributed by atoms with Crippen molar-refractivity contribution in [3.8, 4) is 0 Å². The normalized spacial score (nSPS) is 28.6. The minimum Gasteiger partial charge on any atom is -0.381 e. The first-order valence-corrected chi connectivity index (χ1v) is 11.7. The largest absolute Gasteiger partial charge is 0.416 e. The molecule has 180 valence electrons. The maximum atomic E-state index is 13.7. The quantitative estimate of drug-likeness (QED) is 0.536. The first-order chi connectivity index (χ1) is 15.2. The Morgan fingerprint density at radius 1 is 1.16 bits per heavy atom. The first-order valence-electron chi connectivity index (χ1n) is 11.7. The van der Waals surface area contributed by atoms with Crippen molar-refractivity contribution in [3.63, 3.8) is 0 Å². The molecule has 1 aromatic rings. The molecule has 8 heteroatoms. The molecular formula is C24H34F4N2O2. The van der Waals surface area contributed by atoms with Crippen LogP contribution < -0.4 is 10.6 Å². The summed E-state index contributed by atoms with van der Waals surface area (Å²) in [6, 6.07) is 3.02. The fourth-order valence-electron chi connectivity index (χ4n) is 5.23. The van der Waals surface area contributed by atoms with E-state index < -0.39 is 17.6 Å². The van der Waals surface area contributed by atoms with Crippen LogP contribution in [0.25, 0.3) is 0 Å². The third-order valence-corrected chi connectivity index (χ3v) is 6.89. The number of rotatable bonds is 8. The molecule has 2 N–H and O–H groups in total. The molecule has 1 amide bonds. The predicted molar refractivity (Wildman–Crippen MR) is 114 cm³/mol. The molecule has 0 bridgehead atoms. The lowest BCUT2D eigenvalue weighted by Crippen LogP contribution is -2.46. The molecule has 3 rings (SSSR count). The molecule has 1 aliphatic heterocycles. The van der Waals surface area contributed by atoms with E-state index in [4.69, 9.17) is 4.74 Å². The van der Waals surface area contributed by atoms with Crippen LogP contribution in [-0.2, 0) is 22.3 Å². The van der Waals surface area contributed by atoms with Gasteiger partial charge in [0.05, 0.1) is 12.2 Å². The Kier molecular flexibility index (Phi) is 8.55. The van der Waals surface area contributed by atoms with E-state index >= 15 is 0 Å². The van der Waals surface area contributed by atoms with Crippen molar-refractivity contribution in [3.05, 3.63) is 35.1 Å². The Balaban J connectivity index is 1.61. The average molecular weight is 459 g/mol. The van der Waals surface area contributed by atoms with Gasteiger partial charge in [0, 0.05) is 31.2 Å². The molecule has 0 aromatic heterocycles. The van der Waals surface area contributed by atoms with Gasteiger partial charge in [-0.1, -0.05) is 20.3 Å². The summed E-state index contributed by atoms with van der Waals surface area (Å²) >= 11 is 0. The number of alkyl halides is 3. The van der Waals surface area contributed by atoms with E-state index in [0.29, 0.717) is 24.4 Å². The van der Waals surface area contributed by atoms with Crippen LogP contribution in [0, 0.1) is 23.6 Å². The molecule has 1 heterocycles. The number of halogens is 4. The van der Waals surface area contributed by atoms with Crippen LogP contribution in [0.4, 0.5) is 17.6 Å². The van der Waals surface area contributed by atoms with Gasteiger partial charge in [0.1, 0.15) is 5.82 Å². The third-order valence-electron chi connectivity index (χ3n) is 6.89. The first kappa shape index (κ1) is 25.0. The fraction of sp³-hybridized carbons (Fsp3) is 0.708. The minimum absolute atomic E-state index is 0.110. The number of benzene rings is 1. The van der Waals surface area contributed by atoms with Gasteiger partial charge in [-0.05, 0) is 67.7 Å². The number of nitrogens with one attached hydrogen (secondary N) is 2. The lowest BCUT2D eigenvalue weighted by Gasteiger charge is -2.34. The van der Waals surface area contributed by atoms with Crippen molar-refractivity contribution < 1.29 is 27.1 Å². The van der Waals surface area contributed by atoms with Crippen LogP contribution in [0.2, 0.25) is 0 Å². The van der Waals surface area contributed by atoms with Crippen LogP contribution in [0.3, 0.4) is 0 Å². The summed E-state index contributed by atoms with van der Waals surface area (Å²) in [6.45, 7) is 5.64. The molecule has 3 unspecified atom stereocenters. The van der Waals surface area contributed by atoms with Gasteiger partial charge in [-0.25, -0.2) is 4.39 Å². The number of hydrogen-bond donors (Lipinski definition) is 2. The summed E-state index contributed by atoms with van der Waals surface area (Å²) in [6.07, 6.45) is 0.900. The standard InChI is InChI=1S/C24H34F4N2O2/c1-3-5-17-10-20(30-22-6-7-32-14-16(22)4-2)12-21(17)23(31)29-13-15-8-18(24(26,27)28)11-19(25)9-15/h8-9,11,16-17,20-22,30H,3-7,10,12-14H2,1-2H3,(H,29,31)/t16?,17?,20-,21-,22?/m1/s1. The molecule has 0 radical (unpaired) electrons. The number of carbonyl (C=O) groups excluding carboxylic acids is 1. The summed E-state index contributed by atoms with van der Waals surface area (Å²) in [5.74, 6) is -0.611. The third kappa shape index (κ3) is 6.44. The highest BCUT2D eigenvalue weighted by Gasteiger charge is 2.39. The second-order valence-corrected chi connectivity index (χ2v) is 9.19. The van der Waals surface area contributed by atoms with Gasteiger partial charge >= 0.3 is 6.18 Å². The Labute approximate surface area is 187 Å². The number of ether oxygens (including phenoxy) is 1. The lowest BCUT2D eigenvalue weighted by atomic mass is 9.91. The molecular weight excluding hydrogens is 424 g/mol. The van der Waals surface area contributed by atoms with Crippen molar-refractivity contribution in [2.75, 3.05) is 13.2 Å². The SMILES string of the molecule is CCCC1C[C@@H](NC2CCOCC2CC)C[C@H]1C(=O)NCc1cc(F)cc(C(F)(F)F)c1. The second-order valence-electron chi connectivity index (χ2n) is 9.19. The number of amides is 1. The van der Waals surface area contributed by atoms with Crippen LogP contribution in [0.1, 0.15) is 63.5 Å². The highest BCUT2D eigenvalue weighted by atomic mass is 19.4. The molecule has 2 fully saturated rings. The predicted octanol–water partition coefficient (Wildman–Crippen LogP) is 5.06. The van der Waals surface area contributed by atoms with Gasteiger partial charge in [-0.15, -0.1) is 0 Å². The minimum atomic E-state index is -4.63. The zero-order chi connectivity index (χ0) is 23.3. The van der Waals surface area contributed by atoms with E-state index in [1.165, 1.54) is 0 Å². The Hall–Kier alpha value is -1.67. The van der Waals surface area contributed by atoms with Gasteiger partial charge in [-0.3, -0.25) is 4.79 Å². The summed E-state index contributed by atoms with van der Waals surface area (Å²) in [7, 11) is 0. The zero-order valence-corrected chi connectivity index (χ0v) is 18.8. The molecule has 32 heavy (non-hydrogen) atoms. The molecule has 5 atom stereocenters. The van der Waals surface area contributed by atoms with E-state index in [1.54, 1.807) is 0 Å². The lowest BCUT2D eigenvalue weighted by molar-refractivity contribution is -0.137. The van der Waals surface area contributed by atoms with Crippen LogP contribution >= 0.6 is 0 Å². The van der Waals surface area contributed by atoms with Gasteiger partial charge < -0.3 is 15.4 Å². The molecule has 1 saturated heterocycles. The molecule has 1 aliphatic carbocycles. The van der Waals surface area contributed by atoms with Gasteiger partial charge in [0.25, 0.3) is 0 Å². The maximum Gasteiger partial charge on any atom is 0.416 e. The van der Waals surface area contributed by atoms with Gasteiger partial charge in [-0.2, -0.15) is 13.2 Å². The van der Waals surface area contributed by atoms with E-state index in [9.17, 15) is 22.4 Å². The van der Waals surface area contributed by atoms with Crippen LogP contribution in [0.15, 0.2) is 18.2 Å². The zero-order valence-electron chi connectivity index (χ0n) is 18.8. The monoisotopic (exact) mass is 458 g/mol. The van der Waals surface area contributed by atoms with E-state index in [2.05, 4.69) is 24.5 Å². The highest BCUT2D eigenvalue weighted by molar-refractivity contribution is 5.79. The van der Waals surface area contributed by atoms with Gasteiger partial charge in [0.15, 0.2) is 0 Å². The topological polar surface area (TPSA) is 50.4 Å². The summed E-state index contributed by atoms with van der Waals surface area (Å²) in [5, 5.41) is 6.52. The van der Waals surface area contributed by atoms with E-state index in [-0.39, 0.29) is 35.9 Å². The molecule has 4 nitrogen and oxygen atoms in total. The van der Waals surface area contributed by atoms with Gasteiger partial charge in [0.2, 0.25) is 5.91 Å². The van der Waals surface area contributed by atoms with E-state index in [0.717, 1.165) is 57.5 Å².